The molecule has 21 heavy (non-hydrogen) atoms. The Morgan fingerprint density at radius 2 is 1.71 bits per heavy atom. The van der Waals surface area contributed by atoms with Crippen LogP contribution in [-0.4, -0.2) is 16.8 Å². The van der Waals surface area contributed by atoms with Crippen molar-refractivity contribution in [2.24, 2.45) is 0 Å². The molecule has 108 valence electrons. The Labute approximate surface area is 123 Å². The molecule has 0 atom stereocenters. The summed E-state index contributed by atoms with van der Waals surface area (Å²) in [5, 5.41) is 5.50. The lowest BCUT2D eigenvalue weighted by Gasteiger charge is -2.10. The fourth-order valence-electron chi connectivity index (χ4n) is 1.96. The van der Waals surface area contributed by atoms with Gasteiger partial charge in [-0.25, -0.2) is 0 Å². The number of amides is 2. The number of benzene rings is 1. The van der Waals surface area contributed by atoms with Crippen LogP contribution in [0.2, 0.25) is 0 Å². The van der Waals surface area contributed by atoms with Crippen molar-refractivity contribution in [1.29, 1.82) is 0 Å². The molecule has 1 aromatic carbocycles. The molecule has 2 N–H and O–H groups in total. The summed E-state index contributed by atoms with van der Waals surface area (Å²) >= 11 is 0. The summed E-state index contributed by atoms with van der Waals surface area (Å²) < 4.78 is 0. The van der Waals surface area contributed by atoms with Gasteiger partial charge in [-0.2, -0.15) is 0 Å². The lowest BCUT2D eigenvalue weighted by Crippen LogP contribution is -2.14. The largest absolute Gasteiger partial charge is 0.326 e. The summed E-state index contributed by atoms with van der Waals surface area (Å²) in [7, 11) is 0. The highest BCUT2D eigenvalue weighted by Crippen LogP contribution is 2.17. The van der Waals surface area contributed by atoms with E-state index in [9.17, 15) is 9.59 Å². The van der Waals surface area contributed by atoms with E-state index in [1.807, 2.05) is 13.8 Å². The maximum Gasteiger partial charge on any atom is 0.256 e. The predicted octanol–water partition coefficient (Wildman–Crippen LogP) is 2.91. The third-order valence-electron chi connectivity index (χ3n) is 3.14. The van der Waals surface area contributed by atoms with Crippen LogP contribution < -0.4 is 10.6 Å². The van der Waals surface area contributed by atoms with Crippen LogP contribution in [0, 0.1) is 13.8 Å². The zero-order valence-corrected chi connectivity index (χ0v) is 12.2. The second kappa shape index (κ2) is 6.17. The van der Waals surface area contributed by atoms with E-state index >= 15 is 0 Å². The molecule has 1 heterocycles. The fraction of sp³-hybridized carbons (Fsp3) is 0.188. The predicted molar refractivity (Wildman–Crippen MR) is 82.4 cm³/mol. The number of pyridine rings is 1. The smallest absolute Gasteiger partial charge is 0.256 e. The number of hydrogen-bond donors (Lipinski definition) is 2. The standard InChI is InChI=1S/C16H17N3O2/c1-10-11(2)17-8-7-15(10)16(21)19-14-6-4-5-13(9-14)18-12(3)20/h4-9H,1-3H3,(H,18,20)(H,19,21). The fourth-order valence-corrected chi connectivity index (χ4v) is 1.96. The highest BCUT2D eigenvalue weighted by molar-refractivity contribution is 6.05. The Hall–Kier alpha value is -2.69. The Morgan fingerprint density at radius 3 is 2.38 bits per heavy atom. The number of aryl methyl sites for hydroxylation is 1. The molecule has 0 aliphatic heterocycles. The van der Waals surface area contributed by atoms with Gasteiger partial charge in [-0.3, -0.25) is 14.6 Å². The first-order valence-electron chi connectivity index (χ1n) is 6.58. The molecule has 0 fully saturated rings. The lowest BCUT2D eigenvalue weighted by atomic mass is 10.1. The zero-order valence-electron chi connectivity index (χ0n) is 12.2. The molecule has 0 saturated heterocycles. The molecule has 0 radical (unpaired) electrons. The molecule has 1 aromatic heterocycles. The van der Waals surface area contributed by atoms with Gasteiger partial charge in [0.1, 0.15) is 0 Å². The molecule has 0 bridgehead atoms. The van der Waals surface area contributed by atoms with Gasteiger partial charge in [-0.05, 0) is 43.7 Å². The highest BCUT2D eigenvalue weighted by Gasteiger charge is 2.11. The Bertz CT molecular complexity index is 696. The van der Waals surface area contributed by atoms with Gasteiger partial charge in [-0.1, -0.05) is 6.07 Å². The summed E-state index contributed by atoms with van der Waals surface area (Å²) in [5.41, 5.74) is 3.54. The molecule has 0 spiro atoms. The summed E-state index contributed by atoms with van der Waals surface area (Å²) in [4.78, 5) is 27.5. The number of carbonyl (C=O) groups excluding carboxylic acids is 2. The number of carbonyl (C=O) groups is 2. The zero-order chi connectivity index (χ0) is 15.4. The van der Waals surface area contributed by atoms with Crippen LogP contribution in [0.1, 0.15) is 28.5 Å². The van der Waals surface area contributed by atoms with Crippen LogP contribution >= 0.6 is 0 Å². The number of anilines is 2. The van der Waals surface area contributed by atoms with Crippen LogP contribution in [-0.2, 0) is 4.79 Å². The Kier molecular flexibility index (Phi) is 4.33. The second-order valence-electron chi connectivity index (χ2n) is 4.79. The van der Waals surface area contributed by atoms with Crippen LogP contribution in [0.3, 0.4) is 0 Å². The third kappa shape index (κ3) is 3.66. The van der Waals surface area contributed by atoms with Crippen molar-refractivity contribution in [3.8, 4) is 0 Å². The van der Waals surface area contributed by atoms with E-state index in [4.69, 9.17) is 0 Å². The average Bonchev–Trinajstić information content (AvgIpc) is 2.41. The molecule has 0 aliphatic rings. The number of nitrogens with zero attached hydrogens (tertiary/aromatic N) is 1. The minimum Gasteiger partial charge on any atom is -0.326 e. The van der Waals surface area contributed by atoms with Crippen LogP contribution in [0.25, 0.3) is 0 Å². The molecule has 5 nitrogen and oxygen atoms in total. The van der Waals surface area contributed by atoms with Gasteiger partial charge in [0.15, 0.2) is 0 Å². The highest BCUT2D eigenvalue weighted by atomic mass is 16.2. The molecule has 0 aliphatic carbocycles. The third-order valence-corrected chi connectivity index (χ3v) is 3.14. The van der Waals surface area contributed by atoms with Crippen molar-refractivity contribution in [1.82, 2.24) is 4.98 Å². The minimum absolute atomic E-state index is 0.154. The van der Waals surface area contributed by atoms with Crippen molar-refractivity contribution in [3.05, 3.63) is 53.3 Å². The summed E-state index contributed by atoms with van der Waals surface area (Å²) in [6, 6.07) is 8.70. The van der Waals surface area contributed by atoms with Crippen molar-refractivity contribution >= 4 is 23.2 Å². The van der Waals surface area contributed by atoms with Gasteiger partial charge in [0.2, 0.25) is 5.91 Å². The minimum atomic E-state index is -0.196. The molecule has 0 unspecified atom stereocenters. The summed E-state index contributed by atoms with van der Waals surface area (Å²) in [6.45, 7) is 5.17. The van der Waals surface area contributed by atoms with E-state index in [1.165, 1.54) is 6.92 Å². The first kappa shape index (κ1) is 14.7. The summed E-state index contributed by atoms with van der Waals surface area (Å²) in [6.07, 6.45) is 1.62. The molecule has 2 amide bonds. The Balaban J connectivity index is 2.20. The summed E-state index contributed by atoms with van der Waals surface area (Å²) in [5.74, 6) is -0.350. The van der Waals surface area contributed by atoms with Crippen molar-refractivity contribution < 1.29 is 9.59 Å². The van der Waals surface area contributed by atoms with E-state index in [-0.39, 0.29) is 11.8 Å². The van der Waals surface area contributed by atoms with E-state index in [2.05, 4.69) is 15.6 Å². The van der Waals surface area contributed by atoms with Crippen LogP contribution in [0.4, 0.5) is 11.4 Å². The molecule has 5 heteroatoms. The second-order valence-corrected chi connectivity index (χ2v) is 4.79. The lowest BCUT2D eigenvalue weighted by molar-refractivity contribution is -0.114. The van der Waals surface area contributed by atoms with Crippen molar-refractivity contribution in [3.63, 3.8) is 0 Å². The number of rotatable bonds is 3. The normalized spacial score (nSPS) is 10.0. The molecule has 2 aromatic rings. The van der Waals surface area contributed by atoms with Gasteiger partial charge < -0.3 is 10.6 Å². The topological polar surface area (TPSA) is 71.1 Å². The first-order chi connectivity index (χ1) is 9.97. The van der Waals surface area contributed by atoms with Gasteiger partial charge in [0, 0.05) is 35.8 Å². The SMILES string of the molecule is CC(=O)Nc1cccc(NC(=O)c2ccnc(C)c2C)c1. The quantitative estimate of drug-likeness (QED) is 0.909. The maximum atomic E-state index is 12.3. The number of nitrogens with one attached hydrogen (secondary N) is 2. The number of hydrogen-bond acceptors (Lipinski definition) is 3. The van der Waals surface area contributed by atoms with E-state index in [0.717, 1.165) is 11.3 Å². The van der Waals surface area contributed by atoms with E-state index in [0.29, 0.717) is 16.9 Å². The van der Waals surface area contributed by atoms with Crippen LogP contribution in [0.15, 0.2) is 36.5 Å². The van der Waals surface area contributed by atoms with Gasteiger partial charge in [0.05, 0.1) is 0 Å². The Morgan fingerprint density at radius 1 is 1.05 bits per heavy atom. The van der Waals surface area contributed by atoms with Gasteiger partial charge >= 0.3 is 0 Å². The molecule has 2 rings (SSSR count). The maximum absolute atomic E-state index is 12.3. The van der Waals surface area contributed by atoms with Crippen molar-refractivity contribution in [2.75, 3.05) is 10.6 Å². The monoisotopic (exact) mass is 283 g/mol. The van der Waals surface area contributed by atoms with Gasteiger partial charge in [0.25, 0.3) is 5.91 Å². The van der Waals surface area contributed by atoms with Crippen molar-refractivity contribution in [2.45, 2.75) is 20.8 Å². The average molecular weight is 283 g/mol. The molecular formula is C16H17N3O2. The van der Waals surface area contributed by atoms with E-state index in [1.54, 1.807) is 36.5 Å². The van der Waals surface area contributed by atoms with E-state index < -0.39 is 0 Å². The van der Waals surface area contributed by atoms with Crippen LogP contribution in [0.5, 0.6) is 0 Å². The number of aromatic nitrogens is 1. The molecular weight excluding hydrogens is 266 g/mol. The molecule has 0 saturated carbocycles. The van der Waals surface area contributed by atoms with Gasteiger partial charge in [-0.15, -0.1) is 0 Å². The first-order valence-corrected chi connectivity index (χ1v) is 6.58.